The second-order valence-electron chi connectivity index (χ2n) is 5.52. The third kappa shape index (κ3) is 4.30. The summed E-state index contributed by atoms with van der Waals surface area (Å²) in [5, 5.41) is 11.3. The van der Waals surface area contributed by atoms with Gasteiger partial charge >= 0.3 is 0 Å². The average Bonchev–Trinajstić information content (AvgIpc) is 2.79. The van der Waals surface area contributed by atoms with Crippen molar-refractivity contribution in [1.82, 2.24) is 9.80 Å². The van der Waals surface area contributed by atoms with Crippen molar-refractivity contribution in [2.24, 2.45) is 5.92 Å². The van der Waals surface area contributed by atoms with Crippen molar-refractivity contribution in [2.45, 2.75) is 25.5 Å². The summed E-state index contributed by atoms with van der Waals surface area (Å²) in [7, 11) is 3.82. The number of nitrogens with zero attached hydrogens (tertiary/aromatic N) is 2. The van der Waals surface area contributed by atoms with Crippen LogP contribution in [0.15, 0.2) is 17.5 Å². The molecule has 1 aromatic rings. The summed E-state index contributed by atoms with van der Waals surface area (Å²) >= 11 is 1.68. The van der Waals surface area contributed by atoms with Gasteiger partial charge in [-0.2, -0.15) is 0 Å². The van der Waals surface area contributed by atoms with Crippen molar-refractivity contribution in [3.63, 3.8) is 0 Å². The zero-order valence-electron chi connectivity index (χ0n) is 11.6. The first-order chi connectivity index (χ1) is 9.04. The third-order valence-corrected chi connectivity index (χ3v) is 4.45. The zero-order valence-corrected chi connectivity index (χ0v) is 12.4. The molecule has 1 heterocycles. The highest BCUT2D eigenvalue weighted by Crippen LogP contribution is 2.27. The quantitative estimate of drug-likeness (QED) is 0.858. The summed E-state index contributed by atoms with van der Waals surface area (Å²) in [5.41, 5.74) is 0. The smallest absolute Gasteiger partial charge is 0.236 e. The first-order valence-corrected chi connectivity index (χ1v) is 7.55. The lowest BCUT2D eigenvalue weighted by Crippen LogP contribution is -2.41. The zero-order chi connectivity index (χ0) is 13.8. The maximum atomic E-state index is 12.1. The Bertz CT molecular complexity index is 402. The van der Waals surface area contributed by atoms with Gasteiger partial charge in [0.2, 0.25) is 5.91 Å². The molecule has 1 N–H and O–H groups in total. The van der Waals surface area contributed by atoms with Crippen molar-refractivity contribution in [3.05, 3.63) is 22.4 Å². The predicted molar refractivity (Wildman–Crippen MR) is 77.0 cm³/mol. The van der Waals surface area contributed by atoms with E-state index in [4.69, 9.17) is 0 Å². The van der Waals surface area contributed by atoms with Gasteiger partial charge in [-0.15, -0.1) is 11.3 Å². The van der Waals surface area contributed by atoms with E-state index in [1.54, 1.807) is 16.2 Å². The number of amides is 1. The van der Waals surface area contributed by atoms with E-state index < -0.39 is 0 Å². The molecule has 1 amide bonds. The van der Waals surface area contributed by atoms with Crippen LogP contribution in [0.3, 0.4) is 0 Å². The van der Waals surface area contributed by atoms with Crippen molar-refractivity contribution >= 4 is 17.2 Å². The van der Waals surface area contributed by atoms with Gasteiger partial charge in [0.25, 0.3) is 0 Å². The van der Waals surface area contributed by atoms with Gasteiger partial charge in [0.1, 0.15) is 0 Å². The Morgan fingerprint density at radius 2 is 2.21 bits per heavy atom. The molecule has 1 aliphatic carbocycles. The third-order valence-electron chi connectivity index (χ3n) is 3.58. The van der Waals surface area contributed by atoms with Crippen molar-refractivity contribution in [2.75, 3.05) is 27.2 Å². The molecule has 1 saturated carbocycles. The summed E-state index contributed by atoms with van der Waals surface area (Å²) in [5.74, 6) is 0.700. The number of aliphatic hydroxyl groups excluding tert-OH is 1. The Morgan fingerprint density at radius 1 is 1.47 bits per heavy atom. The molecule has 0 atom stereocenters. The number of likely N-dealkylation sites (N-methyl/N-ethyl adjacent to an activating group) is 2. The molecular formula is C14H22N2O2S. The lowest BCUT2D eigenvalue weighted by molar-refractivity contribution is -0.131. The van der Waals surface area contributed by atoms with Gasteiger partial charge in [-0.25, -0.2) is 0 Å². The number of carbonyl (C=O) groups excluding carboxylic acids is 1. The van der Waals surface area contributed by atoms with Crippen LogP contribution in [0.1, 0.15) is 17.7 Å². The lowest BCUT2D eigenvalue weighted by Gasteiger charge is -2.34. The molecule has 4 nitrogen and oxygen atoms in total. The van der Waals surface area contributed by atoms with Crippen LogP contribution in [0, 0.1) is 5.92 Å². The molecular weight excluding hydrogens is 260 g/mol. The first kappa shape index (κ1) is 14.5. The average molecular weight is 282 g/mol. The SMILES string of the molecule is CN(CC(=O)N(C)Cc1cccs1)CC1CC(O)C1. The molecule has 1 aliphatic rings. The molecule has 2 rings (SSSR count). The van der Waals surface area contributed by atoms with Crippen molar-refractivity contribution < 1.29 is 9.90 Å². The van der Waals surface area contributed by atoms with E-state index in [1.807, 2.05) is 31.6 Å². The molecule has 106 valence electrons. The van der Waals surface area contributed by atoms with Crippen molar-refractivity contribution in [3.8, 4) is 0 Å². The Labute approximate surface area is 118 Å². The van der Waals surface area contributed by atoms with E-state index in [2.05, 4.69) is 4.90 Å². The highest BCUT2D eigenvalue weighted by Gasteiger charge is 2.28. The van der Waals surface area contributed by atoms with Crippen LogP contribution < -0.4 is 0 Å². The Hall–Kier alpha value is -0.910. The molecule has 0 unspecified atom stereocenters. The second kappa shape index (κ2) is 6.50. The predicted octanol–water partition coefficient (Wildman–Crippen LogP) is 1.41. The van der Waals surface area contributed by atoms with Crippen LogP contribution >= 0.6 is 11.3 Å². The van der Waals surface area contributed by atoms with Crippen LogP contribution in [0.2, 0.25) is 0 Å². The topological polar surface area (TPSA) is 43.8 Å². The number of carbonyl (C=O) groups is 1. The van der Waals surface area contributed by atoms with Crippen LogP contribution in [0.5, 0.6) is 0 Å². The van der Waals surface area contributed by atoms with Crippen LogP contribution in [-0.4, -0.2) is 54.1 Å². The lowest BCUT2D eigenvalue weighted by atomic mass is 9.82. The number of hydrogen-bond donors (Lipinski definition) is 1. The minimum atomic E-state index is -0.115. The van der Waals surface area contributed by atoms with Gasteiger partial charge in [0, 0.05) is 18.5 Å². The minimum Gasteiger partial charge on any atom is -0.393 e. The van der Waals surface area contributed by atoms with Crippen molar-refractivity contribution in [1.29, 1.82) is 0 Å². The molecule has 0 radical (unpaired) electrons. The fourth-order valence-electron chi connectivity index (χ4n) is 2.43. The van der Waals surface area contributed by atoms with Gasteiger partial charge in [-0.1, -0.05) is 6.07 Å². The molecule has 0 spiro atoms. The van der Waals surface area contributed by atoms with Gasteiger partial charge in [-0.05, 0) is 37.3 Å². The number of hydrogen-bond acceptors (Lipinski definition) is 4. The fourth-order valence-corrected chi connectivity index (χ4v) is 3.19. The standard InChI is InChI=1S/C14H22N2O2S/c1-15(8-11-6-12(17)7-11)10-14(18)16(2)9-13-4-3-5-19-13/h3-5,11-12,17H,6-10H2,1-2H3. The summed E-state index contributed by atoms with van der Waals surface area (Å²) in [4.78, 5) is 17.1. The van der Waals surface area contributed by atoms with Crippen LogP contribution in [0.25, 0.3) is 0 Å². The van der Waals surface area contributed by atoms with E-state index in [-0.39, 0.29) is 12.0 Å². The van der Waals surface area contributed by atoms with Gasteiger partial charge in [0.05, 0.1) is 19.2 Å². The monoisotopic (exact) mass is 282 g/mol. The molecule has 0 bridgehead atoms. The highest BCUT2D eigenvalue weighted by molar-refractivity contribution is 7.09. The van der Waals surface area contributed by atoms with Gasteiger partial charge < -0.3 is 10.0 Å². The van der Waals surface area contributed by atoms with Crippen LogP contribution in [-0.2, 0) is 11.3 Å². The highest BCUT2D eigenvalue weighted by atomic mass is 32.1. The van der Waals surface area contributed by atoms with Crippen LogP contribution in [0.4, 0.5) is 0 Å². The number of aliphatic hydroxyl groups is 1. The molecule has 0 aliphatic heterocycles. The largest absolute Gasteiger partial charge is 0.393 e. The van der Waals surface area contributed by atoms with E-state index in [0.29, 0.717) is 19.0 Å². The molecule has 1 fully saturated rings. The molecule has 0 saturated heterocycles. The van der Waals surface area contributed by atoms with E-state index >= 15 is 0 Å². The summed E-state index contributed by atoms with van der Waals surface area (Å²) in [6, 6.07) is 4.06. The van der Waals surface area contributed by atoms with Gasteiger partial charge in [0.15, 0.2) is 0 Å². The van der Waals surface area contributed by atoms with Gasteiger partial charge in [-0.3, -0.25) is 9.69 Å². The second-order valence-corrected chi connectivity index (χ2v) is 6.55. The maximum absolute atomic E-state index is 12.1. The summed E-state index contributed by atoms with van der Waals surface area (Å²) in [6.07, 6.45) is 1.64. The normalized spacial score (nSPS) is 22.3. The maximum Gasteiger partial charge on any atom is 0.236 e. The van der Waals surface area contributed by atoms with E-state index in [0.717, 1.165) is 19.4 Å². The molecule has 1 aromatic heterocycles. The minimum absolute atomic E-state index is 0.115. The number of thiophene rings is 1. The Kier molecular flexibility index (Phi) is 4.96. The summed E-state index contributed by atoms with van der Waals surface area (Å²) in [6.45, 7) is 2.04. The van der Waals surface area contributed by atoms with E-state index in [1.165, 1.54) is 4.88 Å². The first-order valence-electron chi connectivity index (χ1n) is 6.67. The Morgan fingerprint density at radius 3 is 2.79 bits per heavy atom. The molecule has 19 heavy (non-hydrogen) atoms. The Balaban J connectivity index is 1.70. The molecule has 5 heteroatoms. The molecule has 0 aromatic carbocycles. The summed E-state index contributed by atoms with van der Waals surface area (Å²) < 4.78 is 0. The van der Waals surface area contributed by atoms with E-state index in [9.17, 15) is 9.90 Å². The fraction of sp³-hybridized carbons (Fsp3) is 0.643. The number of rotatable bonds is 6.